The van der Waals surface area contributed by atoms with Crippen LogP contribution in [0.4, 0.5) is 0 Å². The first-order valence-corrected chi connectivity index (χ1v) is 4.09. The maximum Gasteiger partial charge on any atom is 0.350 e. The molecular weight excluding hydrogens is 194 g/mol. The zero-order valence-electron chi connectivity index (χ0n) is 7.07. The van der Waals surface area contributed by atoms with Gasteiger partial charge in [-0.3, -0.25) is 0 Å². The van der Waals surface area contributed by atoms with Crippen molar-refractivity contribution < 1.29 is 19.1 Å². The lowest BCUT2D eigenvalue weighted by Crippen LogP contribution is -2.08. The van der Waals surface area contributed by atoms with Crippen molar-refractivity contribution in [3.05, 3.63) is 16.6 Å². The Balaban J connectivity index is 3.02. The summed E-state index contributed by atoms with van der Waals surface area (Å²) < 4.78 is 12.6. The van der Waals surface area contributed by atoms with Gasteiger partial charge < -0.3 is 9.47 Å². The monoisotopic (exact) mass is 201 g/mol. The van der Waals surface area contributed by atoms with E-state index in [0.29, 0.717) is 0 Å². The van der Waals surface area contributed by atoms with Gasteiger partial charge in [0.05, 0.1) is 20.4 Å². The minimum absolute atomic E-state index is 0.138. The van der Waals surface area contributed by atoms with Crippen LogP contribution in [0, 0.1) is 0 Å². The van der Waals surface area contributed by atoms with E-state index < -0.39 is 11.9 Å². The van der Waals surface area contributed by atoms with Gasteiger partial charge in [0.2, 0.25) is 0 Å². The second-order valence-electron chi connectivity index (χ2n) is 2.05. The number of aromatic nitrogens is 1. The molecule has 0 fully saturated rings. The van der Waals surface area contributed by atoms with Crippen LogP contribution >= 0.6 is 11.5 Å². The van der Waals surface area contributed by atoms with Crippen LogP contribution in [-0.4, -0.2) is 30.5 Å². The largest absolute Gasteiger partial charge is 0.465 e. The van der Waals surface area contributed by atoms with Crippen molar-refractivity contribution in [3.63, 3.8) is 0 Å². The van der Waals surface area contributed by atoms with Crippen molar-refractivity contribution in [3.8, 4) is 0 Å². The van der Waals surface area contributed by atoms with Crippen LogP contribution in [-0.2, 0) is 9.47 Å². The topological polar surface area (TPSA) is 65.5 Å². The van der Waals surface area contributed by atoms with Crippen molar-refractivity contribution in [1.82, 2.24) is 4.37 Å². The van der Waals surface area contributed by atoms with E-state index in [4.69, 9.17) is 0 Å². The van der Waals surface area contributed by atoms with Gasteiger partial charge in [-0.1, -0.05) is 0 Å². The number of methoxy groups -OCH3 is 2. The lowest BCUT2D eigenvalue weighted by molar-refractivity contribution is 0.0560. The lowest BCUT2D eigenvalue weighted by Gasteiger charge is -1.97. The first-order valence-electron chi connectivity index (χ1n) is 3.32. The second kappa shape index (κ2) is 3.99. The van der Waals surface area contributed by atoms with Gasteiger partial charge in [0.25, 0.3) is 0 Å². The van der Waals surface area contributed by atoms with Crippen LogP contribution in [0.25, 0.3) is 0 Å². The highest BCUT2D eigenvalue weighted by Crippen LogP contribution is 2.15. The van der Waals surface area contributed by atoms with Crippen LogP contribution in [0.5, 0.6) is 0 Å². The molecule has 70 valence electrons. The number of carbonyl (C=O) groups excluding carboxylic acids is 2. The molecule has 0 spiro atoms. The maximum absolute atomic E-state index is 11.1. The molecule has 0 amide bonds. The number of nitrogens with zero attached hydrogens (tertiary/aromatic N) is 1. The molecular formula is C7H7NO4S. The van der Waals surface area contributed by atoms with E-state index in [2.05, 4.69) is 13.8 Å². The number of ether oxygens (including phenoxy) is 2. The van der Waals surface area contributed by atoms with E-state index in [-0.39, 0.29) is 10.4 Å². The van der Waals surface area contributed by atoms with Gasteiger partial charge in [0.15, 0.2) is 0 Å². The lowest BCUT2D eigenvalue weighted by atomic mass is 10.3. The van der Waals surface area contributed by atoms with Crippen LogP contribution < -0.4 is 0 Å². The van der Waals surface area contributed by atoms with Crippen LogP contribution in [0.15, 0.2) is 6.20 Å². The molecule has 5 nitrogen and oxygen atoms in total. The quantitative estimate of drug-likeness (QED) is 0.659. The molecule has 0 atom stereocenters. The Morgan fingerprint density at radius 3 is 2.46 bits per heavy atom. The summed E-state index contributed by atoms with van der Waals surface area (Å²) in [5, 5.41) is 0. The fourth-order valence-electron chi connectivity index (χ4n) is 0.735. The molecule has 13 heavy (non-hydrogen) atoms. The first-order chi connectivity index (χ1) is 6.20. The molecule has 0 saturated heterocycles. The van der Waals surface area contributed by atoms with E-state index in [1.165, 1.54) is 20.4 Å². The summed E-state index contributed by atoms with van der Waals surface area (Å²) in [5.74, 6) is -1.17. The summed E-state index contributed by atoms with van der Waals surface area (Å²) in [6.45, 7) is 0. The molecule has 0 aliphatic rings. The van der Waals surface area contributed by atoms with Gasteiger partial charge in [-0.25, -0.2) is 9.59 Å². The number of carbonyl (C=O) groups is 2. The first kappa shape index (κ1) is 9.66. The molecule has 0 bridgehead atoms. The van der Waals surface area contributed by atoms with Crippen molar-refractivity contribution >= 4 is 23.5 Å². The molecule has 0 aromatic carbocycles. The molecule has 0 saturated carbocycles. The summed E-state index contributed by atoms with van der Waals surface area (Å²) in [5.41, 5.74) is 0.138. The van der Waals surface area contributed by atoms with Crippen molar-refractivity contribution in [2.75, 3.05) is 14.2 Å². The average molecular weight is 201 g/mol. The van der Waals surface area contributed by atoms with Crippen molar-refractivity contribution in [2.45, 2.75) is 0 Å². The molecule has 6 heteroatoms. The van der Waals surface area contributed by atoms with E-state index in [1.807, 2.05) is 0 Å². The number of hydrogen-bond acceptors (Lipinski definition) is 6. The highest BCUT2D eigenvalue weighted by atomic mass is 32.1. The van der Waals surface area contributed by atoms with Gasteiger partial charge in [0.1, 0.15) is 10.4 Å². The van der Waals surface area contributed by atoms with Gasteiger partial charge in [-0.2, -0.15) is 4.37 Å². The third-order valence-electron chi connectivity index (χ3n) is 1.35. The normalized spacial score (nSPS) is 9.38. The summed E-state index contributed by atoms with van der Waals surface area (Å²) in [6, 6.07) is 0. The standard InChI is InChI=1S/C7H7NO4S/c1-11-6(9)4-3-8-13-5(4)7(10)12-2/h3H,1-2H3. The predicted molar refractivity (Wildman–Crippen MR) is 44.8 cm³/mol. The number of rotatable bonds is 2. The Labute approximate surface area is 78.4 Å². The van der Waals surface area contributed by atoms with Gasteiger partial charge in [0, 0.05) is 0 Å². The average Bonchev–Trinajstić information content (AvgIpc) is 2.63. The zero-order valence-corrected chi connectivity index (χ0v) is 7.88. The molecule has 1 heterocycles. The Hall–Kier alpha value is -1.43. The zero-order chi connectivity index (χ0) is 9.84. The Kier molecular flexibility index (Phi) is 2.97. The highest BCUT2D eigenvalue weighted by molar-refractivity contribution is 7.08. The molecule has 1 aromatic rings. The molecule has 1 aromatic heterocycles. The third-order valence-corrected chi connectivity index (χ3v) is 2.13. The second-order valence-corrected chi connectivity index (χ2v) is 2.85. The molecule has 0 aliphatic heterocycles. The van der Waals surface area contributed by atoms with E-state index in [1.54, 1.807) is 0 Å². The Morgan fingerprint density at radius 1 is 1.31 bits per heavy atom. The summed E-state index contributed by atoms with van der Waals surface area (Å²) in [6.07, 6.45) is 1.28. The third kappa shape index (κ3) is 1.83. The van der Waals surface area contributed by atoms with Gasteiger partial charge >= 0.3 is 11.9 Å². The van der Waals surface area contributed by atoms with Crippen molar-refractivity contribution in [1.29, 1.82) is 0 Å². The molecule has 0 N–H and O–H groups in total. The summed E-state index contributed by atoms with van der Waals surface area (Å²) in [4.78, 5) is 22.3. The fraction of sp³-hybridized carbons (Fsp3) is 0.286. The Morgan fingerprint density at radius 2 is 1.92 bits per heavy atom. The van der Waals surface area contributed by atoms with Crippen LogP contribution in [0.2, 0.25) is 0 Å². The smallest absolute Gasteiger partial charge is 0.350 e. The van der Waals surface area contributed by atoms with Crippen LogP contribution in [0.3, 0.4) is 0 Å². The maximum atomic E-state index is 11.1. The summed E-state index contributed by atoms with van der Waals surface area (Å²) >= 11 is 0.901. The van der Waals surface area contributed by atoms with Gasteiger partial charge in [-0.05, 0) is 11.5 Å². The minimum Gasteiger partial charge on any atom is -0.465 e. The summed E-state index contributed by atoms with van der Waals surface area (Å²) in [7, 11) is 2.48. The van der Waals surface area contributed by atoms with Crippen LogP contribution in [0.1, 0.15) is 20.0 Å². The number of hydrogen-bond donors (Lipinski definition) is 0. The van der Waals surface area contributed by atoms with Gasteiger partial charge in [-0.15, -0.1) is 0 Å². The van der Waals surface area contributed by atoms with E-state index >= 15 is 0 Å². The Bertz CT molecular complexity index is 302. The SMILES string of the molecule is COC(=O)c1cnsc1C(=O)OC. The molecule has 0 radical (unpaired) electrons. The van der Waals surface area contributed by atoms with Crippen molar-refractivity contribution in [2.24, 2.45) is 0 Å². The highest BCUT2D eigenvalue weighted by Gasteiger charge is 2.20. The van der Waals surface area contributed by atoms with E-state index in [9.17, 15) is 9.59 Å². The molecule has 0 unspecified atom stereocenters. The fourth-order valence-corrected chi connectivity index (χ4v) is 1.39. The minimum atomic E-state index is -0.589. The predicted octanol–water partition coefficient (Wildman–Crippen LogP) is 0.716. The number of esters is 2. The molecule has 1 rings (SSSR count). The van der Waals surface area contributed by atoms with E-state index in [0.717, 1.165) is 11.5 Å². The molecule has 0 aliphatic carbocycles.